The van der Waals surface area contributed by atoms with Gasteiger partial charge in [-0.1, -0.05) is 0 Å². The van der Waals surface area contributed by atoms with Crippen molar-refractivity contribution in [1.29, 1.82) is 0 Å². The molecule has 94 valence electrons. The Morgan fingerprint density at radius 3 is 2.50 bits per heavy atom. The fraction of sp³-hybridized carbons (Fsp3) is 0.286. The van der Waals surface area contributed by atoms with Crippen molar-refractivity contribution in [2.45, 2.75) is 20.8 Å². The van der Waals surface area contributed by atoms with Gasteiger partial charge in [-0.25, -0.2) is 4.98 Å². The number of aldehydes is 1. The molecule has 0 bridgehead atoms. The Kier molecular flexibility index (Phi) is 3.48. The smallest absolute Gasteiger partial charge is 0.178 e. The molecule has 3 nitrogen and oxygen atoms in total. The summed E-state index contributed by atoms with van der Waals surface area (Å²) in [7, 11) is 1.67. The van der Waals surface area contributed by atoms with Crippen molar-refractivity contribution >= 4 is 17.6 Å². The average Bonchev–Trinajstić information content (AvgIpc) is 2.73. The van der Waals surface area contributed by atoms with Gasteiger partial charge in [0.1, 0.15) is 5.75 Å². The minimum absolute atomic E-state index is 0.523. The number of carbonyl (C=O) groups excluding carboxylic acids is 1. The number of benzene rings is 1. The Morgan fingerprint density at radius 1 is 1.22 bits per heavy atom. The third-order valence-corrected chi connectivity index (χ3v) is 3.81. The maximum absolute atomic E-state index is 10.8. The van der Waals surface area contributed by atoms with Crippen molar-refractivity contribution in [3.8, 4) is 17.0 Å². The van der Waals surface area contributed by atoms with Crippen molar-refractivity contribution in [1.82, 2.24) is 4.98 Å². The van der Waals surface area contributed by atoms with Gasteiger partial charge in [-0.15, -0.1) is 11.3 Å². The van der Waals surface area contributed by atoms with Gasteiger partial charge < -0.3 is 4.74 Å². The van der Waals surface area contributed by atoms with Crippen LogP contribution in [0.25, 0.3) is 11.3 Å². The van der Waals surface area contributed by atoms with E-state index < -0.39 is 0 Å². The lowest BCUT2D eigenvalue weighted by atomic mass is 10.0. The van der Waals surface area contributed by atoms with Gasteiger partial charge in [0.25, 0.3) is 0 Å². The molecule has 0 N–H and O–H groups in total. The van der Waals surface area contributed by atoms with Crippen molar-refractivity contribution in [3.63, 3.8) is 0 Å². The number of nitrogens with zero attached hydrogens (tertiary/aromatic N) is 1. The largest absolute Gasteiger partial charge is 0.496 e. The third-order valence-electron chi connectivity index (χ3n) is 2.91. The van der Waals surface area contributed by atoms with E-state index in [0.717, 1.165) is 39.3 Å². The number of hydrogen-bond donors (Lipinski definition) is 0. The summed E-state index contributed by atoms with van der Waals surface area (Å²) in [6.45, 7) is 6.01. The van der Waals surface area contributed by atoms with Gasteiger partial charge in [0.15, 0.2) is 11.3 Å². The maximum atomic E-state index is 10.8. The van der Waals surface area contributed by atoms with E-state index in [9.17, 15) is 4.79 Å². The van der Waals surface area contributed by atoms with Crippen LogP contribution in [0.1, 0.15) is 25.8 Å². The van der Waals surface area contributed by atoms with Crippen LogP contribution in [0, 0.1) is 20.8 Å². The van der Waals surface area contributed by atoms with Crippen LogP contribution < -0.4 is 4.74 Å². The van der Waals surface area contributed by atoms with Crippen molar-refractivity contribution in [3.05, 3.63) is 33.1 Å². The van der Waals surface area contributed by atoms with E-state index in [1.807, 2.05) is 26.8 Å². The molecule has 1 heterocycles. The molecule has 1 aromatic heterocycles. The molecule has 0 aliphatic rings. The molecular weight excluding hydrogens is 246 g/mol. The fourth-order valence-electron chi connectivity index (χ4n) is 1.98. The topological polar surface area (TPSA) is 39.2 Å². The average molecular weight is 261 g/mol. The summed E-state index contributed by atoms with van der Waals surface area (Å²) >= 11 is 1.42. The molecule has 2 rings (SSSR count). The Hall–Kier alpha value is -1.68. The highest BCUT2D eigenvalue weighted by Gasteiger charge is 2.13. The van der Waals surface area contributed by atoms with Crippen molar-refractivity contribution in [2.75, 3.05) is 7.11 Å². The van der Waals surface area contributed by atoms with Crippen LogP contribution in [-0.4, -0.2) is 18.4 Å². The first-order valence-electron chi connectivity index (χ1n) is 5.65. The normalized spacial score (nSPS) is 10.4. The van der Waals surface area contributed by atoms with E-state index in [-0.39, 0.29) is 0 Å². The molecule has 0 fully saturated rings. The summed E-state index contributed by atoms with van der Waals surface area (Å²) in [6, 6.07) is 4.06. The van der Waals surface area contributed by atoms with Crippen LogP contribution in [-0.2, 0) is 0 Å². The molecule has 2 aromatic rings. The standard InChI is InChI=1S/C14H15NO2S/c1-8-6-12(17-4)9(2)5-11(8)14-10(3)18-13(7-16)15-14/h5-7H,1-4H3. The van der Waals surface area contributed by atoms with Crippen LogP contribution >= 0.6 is 11.3 Å². The second kappa shape index (κ2) is 4.90. The zero-order valence-corrected chi connectivity index (χ0v) is 11.7. The number of aryl methyl sites for hydroxylation is 3. The summed E-state index contributed by atoms with van der Waals surface area (Å²) < 4.78 is 5.30. The SMILES string of the molecule is COc1cc(C)c(-c2nc(C=O)sc2C)cc1C. The number of carbonyl (C=O) groups is 1. The van der Waals surface area contributed by atoms with Crippen LogP contribution in [0.4, 0.5) is 0 Å². The lowest BCUT2D eigenvalue weighted by Crippen LogP contribution is -1.92. The number of rotatable bonds is 3. The molecule has 4 heteroatoms. The fourth-order valence-corrected chi connectivity index (χ4v) is 2.73. The second-order valence-electron chi connectivity index (χ2n) is 4.21. The highest BCUT2D eigenvalue weighted by molar-refractivity contribution is 7.13. The van der Waals surface area contributed by atoms with Gasteiger partial charge in [0, 0.05) is 10.4 Å². The lowest BCUT2D eigenvalue weighted by molar-refractivity contribution is 0.112. The number of thiazole rings is 1. The lowest BCUT2D eigenvalue weighted by Gasteiger charge is -2.10. The van der Waals surface area contributed by atoms with E-state index in [4.69, 9.17) is 4.74 Å². The van der Waals surface area contributed by atoms with Gasteiger partial charge in [-0.05, 0) is 44.0 Å². The Bertz CT molecular complexity index is 602. The summed E-state index contributed by atoms with van der Waals surface area (Å²) in [6.07, 6.45) is 0.798. The zero-order chi connectivity index (χ0) is 13.3. The van der Waals surface area contributed by atoms with E-state index >= 15 is 0 Å². The Labute approximate surface area is 110 Å². The van der Waals surface area contributed by atoms with Crippen molar-refractivity contribution < 1.29 is 9.53 Å². The molecule has 0 unspecified atom stereocenters. The van der Waals surface area contributed by atoms with Gasteiger partial charge in [-0.2, -0.15) is 0 Å². The minimum atomic E-state index is 0.523. The first-order valence-corrected chi connectivity index (χ1v) is 6.46. The van der Waals surface area contributed by atoms with Gasteiger partial charge in [-0.3, -0.25) is 4.79 Å². The molecule has 0 saturated carbocycles. The molecular formula is C14H15NO2S. The highest BCUT2D eigenvalue weighted by Crippen LogP contribution is 2.33. The van der Waals surface area contributed by atoms with Crippen LogP contribution in [0.5, 0.6) is 5.75 Å². The minimum Gasteiger partial charge on any atom is -0.496 e. The third kappa shape index (κ3) is 2.16. The van der Waals surface area contributed by atoms with E-state index in [2.05, 4.69) is 11.1 Å². The van der Waals surface area contributed by atoms with Crippen molar-refractivity contribution in [2.24, 2.45) is 0 Å². The van der Waals surface area contributed by atoms with Crippen LogP contribution in [0.15, 0.2) is 12.1 Å². The first kappa shape index (κ1) is 12.8. The Balaban J connectivity index is 2.60. The molecule has 0 saturated heterocycles. The number of aromatic nitrogens is 1. The summed E-state index contributed by atoms with van der Waals surface area (Å²) in [5.74, 6) is 0.875. The molecule has 18 heavy (non-hydrogen) atoms. The van der Waals surface area contributed by atoms with Gasteiger partial charge in [0.2, 0.25) is 0 Å². The quantitative estimate of drug-likeness (QED) is 0.793. The zero-order valence-electron chi connectivity index (χ0n) is 10.9. The number of ether oxygens (including phenoxy) is 1. The Morgan fingerprint density at radius 2 is 1.94 bits per heavy atom. The molecule has 1 aromatic carbocycles. The summed E-state index contributed by atoms with van der Waals surface area (Å²) in [5, 5.41) is 0.523. The molecule has 0 spiro atoms. The van der Waals surface area contributed by atoms with Crippen LogP contribution in [0.3, 0.4) is 0 Å². The van der Waals surface area contributed by atoms with E-state index in [1.165, 1.54) is 11.3 Å². The van der Waals surface area contributed by atoms with Gasteiger partial charge >= 0.3 is 0 Å². The maximum Gasteiger partial charge on any atom is 0.178 e. The summed E-state index contributed by atoms with van der Waals surface area (Å²) in [4.78, 5) is 16.2. The summed E-state index contributed by atoms with van der Waals surface area (Å²) in [5.41, 5.74) is 4.13. The molecule has 0 aliphatic carbocycles. The molecule has 0 atom stereocenters. The van der Waals surface area contributed by atoms with E-state index in [0.29, 0.717) is 5.01 Å². The molecule has 0 aliphatic heterocycles. The predicted octanol–water partition coefficient (Wildman–Crippen LogP) is 3.56. The first-order chi connectivity index (χ1) is 8.56. The van der Waals surface area contributed by atoms with Gasteiger partial charge in [0.05, 0.1) is 12.8 Å². The van der Waals surface area contributed by atoms with Crippen LogP contribution in [0.2, 0.25) is 0 Å². The predicted molar refractivity (Wildman–Crippen MR) is 73.7 cm³/mol. The number of hydrogen-bond acceptors (Lipinski definition) is 4. The monoisotopic (exact) mass is 261 g/mol. The van der Waals surface area contributed by atoms with E-state index in [1.54, 1.807) is 7.11 Å². The molecule has 0 radical (unpaired) electrons. The number of methoxy groups -OCH3 is 1. The molecule has 0 amide bonds. The second-order valence-corrected chi connectivity index (χ2v) is 5.45. The highest BCUT2D eigenvalue weighted by atomic mass is 32.1.